The molecule has 0 saturated heterocycles. The first-order valence-corrected chi connectivity index (χ1v) is 7.04. The molecule has 3 unspecified atom stereocenters. The minimum absolute atomic E-state index is 0.0700. The highest BCUT2D eigenvalue weighted by Gasteiger charge is 2.26. The predicted molar refractivity (Wildman–Crippen MR) is 69.8 cm³/mol. The van der Waals surface area contributed by atoms with Crippen LogP contribution >= 0.6 is 0 Å². The molecule has 1 saturated carbocycles. The van der Waals surface area contributed by atoms with Crippen LogP contribution in [0.5, 0.6) is 0 Å². The number of hydrogen-bond donors (Lipinski definition) is 1. The fourth-order valence-corrected chi connectivity index (χ4v) is 2.62. The molecule has 17 heavy (non-hydrogen) atoms. The normalized spacial score (nSPS) is 29.0. The molecule has 0 aromatic carbocycles. The average molecular weight is 241 g/mol. The van der Waals surface area contributed by atoms with E-state index in [0.717, 1.165) is 24.8 Å². The van der Waals surface area contributed by atoms with E-state index in [-0.39, 0.29) is 5.97 Å². The molecule has 1 aliphatic rings. The zero-order valence-electron chi connectivity index (χ0n) is 11.5. The van der Waals surface area contributed by atoms with Gasteiger partial charge in [0, 0.05) is 12.5 Å². The maximum absolute atomic E-state index is 11.2. The smallest absolute Gasteiger partial charge is 0.305 e. The van der Waals surface area contributed by atoms with E-state index in [4.69, 9.17) is 4.74 Å². The molecule has 0 heterocycles. The second kappa shape index (κ2) is 7.70. The second-order valence-corrected chi connectivity index (χ2v) is 5.24. The van der Waals surface area contributed by atoms with E-state index in [1.54, 1.807) is 0 Å². The quantitative estimate of drug-likeness (QED) is 0.574. The molecular formula is C14H27NO2. The zero-order chi connectivity index (χ0) is 12.7. The number of esters is 1. The third kappa shape index (κ3) is 5.07. The SMILES string of the molecule is CCOC(=O)CCCNC1CCCC(C)C1C. The van der Waals surface area contributed by atoms with Crippen molar-refractivity contribution in [2.75, 3.05) is 13.2 Å². The molecule has 1 fully saturated rings. The largest absolute Gasteiger partial charge is 0.466 e. The Morgan fingerprint density at radius 2 is 2.12 bits per heavy atom. The van der Waals surface area contributed by atoms with Crippen LogP contribution < -0.4 is 5.32 Å². The lowest BCUT2D eigenvalue weighted by Gasteiger charge is -2.34. The standard InChI is InChI=1S/C14H27NO2/c1-4-17-14(16)9-6-10-15-13-8-5-7-11(2)12(13)3/h11-13,15H,4-10H2,1-3H3. The van der Waals surface area contributed by atoms with Gasteiger partial charge >= 0.3 is 5.97 Å². The van der Waals surface area contributed by atoms with Gasteiger partial charge in [0.1, 0.15) is 0 Å². The van der Waals surface area contributed by atoms with Crippen LogP contribution in [0.2, 0.25) is 0 Å². The topological polar surface area (TPSA) is 38.3 Å². The number of ether oxygens (including phenoxy) is 1. The average Bonchev–Trinajstić information content (AvgIpc) is 2.30. The van der Waals surface area contributed by atoms with Crippen LogP contribution in [0.25, 0.3) is 0 Å². The molecular weight excluding hydrogens is 214 g/mol. The Labute approximate surface area is 105 Å². The molecule has 0 radical (unpaired) electrons. The fourth-order valence-electron chi connectivity index (χ4n) is 2.62. The summed E-state index contributed by atoms with van der Waals surface area (Å²) >= 11 is 0. The van der Waals surface area contributed by atoms with Crippen LogP contribution in [-0.4, -0.2) is 25.2 Å². The first kappa shape index (κ1) is 14.5. The van der Waals surface area contributed by atoms with Crippen LogP contribution in [0.15, 0.2) is 0 Å². The summed E-state index contributed by atoms with van der Waals surface area (Å²) in [4.78, 5) is 11.2. The van der Waals surface area contributed by atoms with Gasteiger partial charge in [-0.1, -0.05) is 26.7 Å². The van der Waals surface area contributed by atoms with Gasteiger partial charge in [-0.05, 0) is 38.1 Å². The summed E-state index contributed by atoms with van der Waals surface area (Å²) in [6, 6.07) is 0.640. The molecule has 3 heteroatoms. The Balaban J connectivity index is 2.11. The third-order valence-electron chi connectivity index (χ3n) is 3.98. The van der Waals surface area contributed by atoms with Crippen molar-refractivity contribution in [2.45, 2.75) is 58.9 Å². The molecule has 100 valence electrons. The fraction of sp³-hybridized carbons (Fsp3) is 0.929. The van der Waals surface area contributed by atoms with Crippen LogP contribution in [0.1, 0.15) is 52.9 Å². The summed E-state index contributed by atoms with van der Waals surface area (Å²) in [5.41, 5.74) is 0. The number of carbonyl (C=O) groups excluding carboxylic acids is 1. The van der Waals surface area contributed by atoms with Gasteiger partial charge in [0.15, 0.2) is 0 Å². The molecule has 0 aromatic heterocycles. The molecule has 3 nitrogen and oxygen atoms in total. The lowest BCUT2D eigenvalue weighted by atomic mass is 9.78. The first-order valence-electron chi connectivity index (χ1n) is 7.04. The van der Waals surface area contributed by atoms with Crippen molar-refractivity contribution < 1.29 is 9.53 Å². The summed E-state index contributed by atoms with van der Waals surface area (Å²) in [6.07, 6.45) is 5.40. The minimum atomic E-state index is -0.0700. The Morgan fingerprint density at radius 3 is 2.82 bits per heavy atom. The predicted octanol–water partition coefficient (Wildman–Crippen LogP) is 2.74. The van der Waals surface area contributed by atoms with Gasteiger partial charge in [-0.2, -0.15) is 0 Å². The van der Waals surface area contributed by atoms with E-state index >= 15 is 0 Å². The summed E-state index contributed by atoms with van der Waals surface area (Å²) in [7, 11) is 0. The molecule has 0 amide bonds. The van der Waals surface area contributed by atoms with Crippen LogP contribution in [0.3, 0.4) is 0 Å². The Kier molecular flexibility index (Phi) is 6.56. The Morgan fingerprint density at radius 1 is 1.35 bits per heavy atom. The van der Waals surface area contributed by atoms with Gasteiger partial charge in [0.25, 0.3) is 0 Å². The highest BCUT2D eigenvalue weighted by atomic mass is 16.5. The molecule has 1 rings (SSSR count). The van der Waals surface area contributed by atoms with Crippen molar-refractivity contribution in [3.63, 3.8) is 0 Å². The Bertz CT molecular complexity index is 230. The summed E-state index contributed by atoms with van der Waals surface area (Å²) < 4.78 is 4.91. The lowest BCUT2D eigenvalue weighted by Crippen LogP contribution is -2.41. The van der Waals surface area contributed by atoms with Gasteiger partial charge in [-0.15, -0.1) is 0 Å². The maximum atomic E-state index is 11.2. The lowest BCUT2D eigenvalue weighted by molar-refractivity contribution is -0.143. The number of hydrogen-bond acceptors (Lipinski definition) is 3. The number of nitrogens with one attached hydrogen (secondary N) is 1. The zero-order valence-corrected chi connectivity index (χ0v) is 11.5. The highest BCUT2D eigenvalue weighted by Crippen LogP contribution is 2.29. The molecule has 0 aromatic rings. The van der Waals surface area contributed by atoms with Crippen molar-refractivity contribution in [1.29, 1.82) is 0 Å². The maximum Gasteiger partial charge on any atom is 0.305 e. The molecule has 1 aliphatic carbocycles. The van der Waals surface area contributed by atoms with Gasteiger partial charge in [-0.25, -0.2) is 0 Å². The van der Waals surface area contributed by atoms with Crippen molar-refractivity contribution >= 4 is 5.97 Å². The van der Waals surface area contributed by atoms with Crippen LogP contribution in [0, 0.1) is 11.8 Å². The van der Waals surface area contributed by atoms with E-state index in [1.165, 1.54) is 19.3 Å². The van der Waals surface area contributed by atoms with E-state index in [9.17, 15) is 4.79 Å². The van der Waals surface area contributed by atoms with Gasteiger partial charge in [-0.3, -0.25) is 4.79 Å². The summed E-state index contributed by atoms with van der Waals surface area (Å²) in [6.45, 7) is 7.95. The van der Waals surface area contributed by atoms with Crippen molar-refractivity contribution in [3.8, 4) is 0 Å². The van der Waals surface area contributed by atoms with Crippen molar-refractivity contribution in [3.05, 3.63) is 0 Å². The number of rotatable bonds is 6. The van der Waals surface area contributed by atoms with Crippen LogP contribution in [-0.2, 0) is 9.53 Å². The molecule has 0 spiro atoms. The highest BCUT2D eigenvalue weighted by molar-refractivity contribution is 5.69. The molecule has 0 bridgehead atoms. The molecule has 3 atom stereocenters. The Hall–Kier alpha value is -0.570. The monoisotopic (exact) mass is 241 g/mol. The van der Waals surface area contributed by atoms with Crippen molar-refractivity contribution in [2.24, 2.45) is 11.8 Å². The minimum Gasteiger partial charge on any atom is -0.466 e. The summed E-state index contributed by atoms with van der Waals surface area (Å²) in [5.74, 6) is 1.51. The van der Waals surface area contributed by atoms with E-state index < -0.39 is 0 Å². The van der Waals surface area contributed by atoms with E-state index in [0.29, 0.717) is 19.1 Å². The summed E-state index contributed by atoms with van der Waals surface area (Å²) in [5, 5.41) is 3.59. The first-order chi connectivity index (χ1) is 8.15. The third-order valence-corrected chi connectivity index (χ3v) is 3.98. The van der Waals surface area contributed by atoms with E-state index in [1.807, 2.05) is 6.92 Å². The van der Waals surface area contributed by atoms with E-state index in [2.05, 4.69) is 19.2 Å². The van der Waals surface area contributed by atoms with Gasteiger partial charge in [0.2, 0.25) is 0 Å². The van der Waals surface area contributed by atoms with Crippen LogP contribution in [0.4, 0.5) is 0 Å². The number of carbonyl (C=O) groups is 1. The van der Waals surface area contributed by atoms with Crippen molar-refractivity contribution in [1.82, 2.24) is 5.32 Å². The van der Waals surface area contributed by atoms with Gasteiger partial charge in [0.05, 0.1) is 6.61 Å². The van der Waals surface area contributed by atoms with Gasteiger partial charge < -0.3 is 10.1 Å². The molecule has 0 aliphatic heterocycles. The molecule has 1 N–H and O–H groups in total. The second-order valence-electron chi connectivity index (χ2n) is 5.24.